The summed E-state index contributed by atoms with van der Waals surface area (Å²) < 4.78 is 0. The minimum absolute atomic E-state index is 0.119. The average Bonchev–Trinajstić information content (AvgIpc) is 2.83. The highest BCUT2D eigenvalue weighted by atomic mass is 16.6. The molecule has 0 bridgehead atoms. The second kappa shape index (κ2) is 10.5. The van der Waals surface area contributed by atoms with Crippen LogP contribution in [0.4, 0.5) is 0 Å². The van der Waals surface area contributed by atoms with E-state index in [1.165, 1.54) is 25.7 Å². The van der Waals surface area contributed by atoms with Crippen LogP contribution < -0.4 is 0 Å². The number of unbranched alkanes of at least 4 members (excludes halogenated alkanes) is 5. The summed E-state index contributed by atoms with van der Waals surface area (Å²) in [4.78, 5) is 15.2. The molecule has 26 heavy (non-hydrogen) atoms. The van der Waals surface area contributed by atoms with Gasteiger partial charge in [0.1, 0.15) is 6.10 Å². The zero-order valence-electron chi connectivity index (χ0n) is 15.6. The van der Waals surface area contributed by atoms with Crippen LogP contribution in [0.5, 0.6) is 0 Å². The first kappa shape index (κ1) is 20.7. The molecule has 0 aromatic rings. The van der Waals surface area contributed by atoms with Crippen LogP contribution in [0.25, 0.3) is 0 Å². The van der Waals surface area contributed by atoms with Crippen molar-refractivity contribution >= 4 is 11.7 Å². The summed E-state index contributed by atoms with van der Waals surface area (Å²) in [7, 11) is 0. The predicted molar refractivity (Wildman–Crippen MR) is 98.5 cm³/mol. The Hall–Kier alpha value is -1.58. The Morgan fingerprint density at radius 1 is 1.31 bits per heavy atom. The molecule has 3 N–H and O–H groups in total. The molecule has 2 aliphatic rings. The second-order valence-electron chi connectivity index (χ2n) is 7.42. The van der Waals surface area contributed by atoms with E-state index in [0.717, 1.165) is 18.6 Å². The number of aliphatic carboxylic acids is 1. The molecular formula is C20H31NO5. The standard InChI is InChI=1S/C20H31NO5/c1-2-3-4-5-6-7-8-15(22)10-9-14-11-16-17(20(14)25)12-18(16)21-26-13-19(23)24/h14-17,20,22,25H,2-8,11-13H2,1H3,(H,23,24)/b21-18-. The molecular weight excluding hydrogens is 334 g/mol. The van der Waals surface area contributed by atoms with Gasteiger partial charge < -0.3 is 20.2 Å². The number of aliphatic hydroxyl groups excluding tert-OH is 2. The number of fused-ring (bicyclic) bond motifs is 1. The molecule has 5 unspecified atom stereocenters. The zero-order chi connectivity index (χ0) is 18.9. The SMILES string of the molecule is CCCCCCCCC(O)C#CC1CC2/C(=N\OCC(=O)O)CC2C1O. The Morgan fingerprint density at radius 3 is 2.77 bits per heavy atom. The summed E-state index contributed by atoms with van der Waals surface area (Å²) in [6, 6.07) is 0. The van der Waals surface area contributed by atoms with Gasteiger partial charge >= 0.3 is 5.97 Å². The first-order chi connectivity index (χ1) is 12.5. The van der Waals surface area contributed by atoms with Crippen molar-refractivity contribution in [3.8, 4) is 11.8 Å². The molecule has 0 spiro atoms. The third-order valence-electron chi connectivity index (χ3n) is 5.38. The van der Waals surface area contributed by atoms with Crippen LogP contribution in [0, 0.1) is 29.6 Å². The van der Waals surface area contributed by atoms with Gasteiger partial charge in [-0.1, -0.05) is 56.0 Å². The molecule has 5 atom stereocenters. The summed E-state index contributed by atoms with van der Waals surface area (Å²) in [6.07, 6.45) is 7.97. The van der Waals surface area contributed by atoms with E-state index in [4.69, 9.17) is 9.94 Å². The van der Waals surface area contributed by atoms with E-state index in [-0.39, 0.29) is 17.8 Å². The van der Waals surface area contributed by atoms with Gasteiger partial charge in [-0.2, -0.15) is 0 Å². The molecule has 2 aliphatic carbocycles. The maximum atomic E-state index is 10.4. The maximum Gasteiger partial charge on any atom is 0.344 e. The highest BCUT2D eigenvalue weighted by Crippen LogP contribution is 2.47. The topological polar surface area (TPSA) is 99.4 Å². The minimum atomic E-state index is -1.06. The Morgan fingerprint density at radius 2 is 2.04 bits per heavy atom. The van der Waals surface area contributed by atoms with Gasteiger partial charge in [-0.15, -0.1) is 0 Å². The Bertz CT molecular complexity index is 550. The van der Waals surface area contributed by atoms with E-state index >= 15 is 0 Å². The van der Waals surface area contributed by atoms with Crippen LogP contribution in [0.15, 0.2) is 5.16 Å². The summed E-state index contributed by atoms with van der Waals surface area (Å²) in [6.45, 7) is 1.75. The van der Waals surface area contributed by atoms with Crippen molar-refractivity contribution in [2.75, 3.05) is 6.61 Å². The third kappa shape index (κ3) is 6.00. The summed E-state index contributed by atoms with van der Waals surface area (Å²) in [5, 5.41) is 32.8. The van der Waals surface area contributed by atoms with Crippen molar-refractivity contribution in [3.05, 3.63) is 0 Å². The Labute approximate surface area is 155 Å². The number of aliphatic hydroxyl groups is 2. The number of oxime groups is 1. The third-order valence-corrected chi connectivity index (χ3v) is 5.38. The molecule has 0 heterocycles. The lowest BCUT2D eigenvalue weighted by Gasteiger charge is -2.33. The van der Waals surface area contributed by atoms with E-state index in [2.05, 4.69) is 23.9 Å². The predicted octanol–water partition coefficient (Wildman–Crippen LogP) is 2.58. The van der Waals surface area contributed by atoms with Gasteiger partial charge in [-0.3, -0.25) is 0 Å². The lowest BCUT2D eigenvalue weighted by atomic mass is 9.73. The van der Waals surface area contributed by atoms with Crippen LogP contribution in [-0.2, 0) is 9.63 Å². The molecule has 0 aromatic carbocycles. The molecule has 0 aliphatic heterocycles. The van der Waals surface area contributed by atoms with E-state index in [1.54, 1.807) is 0 Å². The van der Waals surface area contributed by atoms with Crippen molar-refractivity contribution in [2.24, 2.45) is 22.9 Å². The molecule has 0 aromatic heterocycles. The van der Waals surface area contributed by atoms with Crippen molar-refractivity contribution in [1.29, 1.82) is 0 Å². The zero-order valence-corrected chi connectivity index (χ0v) is 15.6. The van der Waals surface area contributed by atoms with Gasteiger partial charge in [0.05, 0.1) is 11.8 Å². The van der Waals surface area contributed by atoms with Crippen molar-refractivity contribution < 1.29 is 25.0 Å². The second-order valence-corrected chi connectivity index (χ2v) is 7.42. The quantitative estimate of drug-likeness (QED) is 0.314. The molecule has 0 amide bonds. The average molecular weight is 365 g/mol. The van der Waals surface area contributed by atoms with Crippen LogP contribution in [0.3, 0.4) is 0 Å². The van der Waals surface area contributed by atoms with Crippen molar-refractivity contribution in [1.82, 2.24) is 0 Å². The number of carboxylic acid groups (broad SMARTS) is 1. The summed E-state index contributed by atoms with van der Waals surface area (Å²) >= 11 is 0. The van der Waals surface area contributed by atoms with E-state index < -0.39 is 24.8 Å². The minimum Gasteiger partial charge on any atom is -0.479 e. The smallest absolute Gasteiger partial charge is 0.344 e. The Balaban J connectivity index is 1.70. The van der Waals surface area contributed by atoms with Gasteiger partial charge in [0.25, 0.3) is 0 Å². The monoisotopic (exact) mass is 365 g/mol. The number of hydrogen-bond acceptors (Lipinski definition) is 5. The highest BCUT2D eigenvalue weighted by molar-refractivity contribution is 5.93. The van der Waals surface area contributed by atoms with Crippen LogP contribution in [0.1, 0.15) is 64.7 Å². The normalized spacial score (nSPS) is 29.4. The lowest BCUT2D eigenvalue weighted by molar-refractivity contribution is -0.142. The van der Waals surface area contributed by atoms with Crippen molar-refractivity contribution in [3.63, 3.8) is 0 Å². The van der Waals surface area contributed by atoms with Crippen LogP contribution in [0.2, 0.25) is 0 Å². The first-order valence-electron chi connectivity index (χ1n) is 9.80. The molecule has 146 valence electrons. The largest absolute Gasteiger partial charge is 0.479 e. The molecule has 0 saturated heterocycles. The molecule has 6 heteroatoms. The number of rotatable bonds is 10. The van der Waals surface area contributed by atoms with Gasteiger partial charge in [-0.25, -0.2) is 4.79 Å². The molecule has 0 radical (unpaired) electrons. The highest BCUT2D eigenvalue weighted by Gasteiger charge is 2.51. The lowest BCUT2D eigenvalue weighted by Crippen LogP contribution is -2.38. The fourth-order valence-electron chi connectivity index (χ4n) is 3.82. The fraction of sp³-hybridized carbons (Fsp3) is 0.800. The van der Waals surface area contributed by atoms with Gasteiger partial charge in [-0.05, 0) is 31.6 Å². The summed E-state index contributed by atoms with van der Waals surface area (Å²) in [5.41, 5.74) is 0.812. The summed E-state index contributed by atoms with van der Waals surface area (Å²) in [5.74, 6) is 4.97. The number of nitrogens with zero attached hydrogens (tertiary/aromatic N) is 1. The number of carboxylic acids is 1. The van der Waals surface area contributed by atoms with Gasteiger partial charge in [0.2, 0.25) is 6.61 Å². The number of hydrogen-bond donors (Lipinski definition) is 3. The van der Waals surface area contributed by atoms with Gasteiger partial charge in [0, 0.05) is 11.8 Å². The molecule has 6 nitrogen and oxygen atoms in total. The Kier molecular flexibility index (Phi) is 8.40. The van der Waals surface area contributed by atoms with E-state index in [1.807, 2.05) is 0 Å². The first-order valence-corrected chi connectivity index (χ1v) is 9.80. The maximum absolute atomic E-state index is 10.4. The van der Waals surface area contributed by atoms with Crippen LogP contribution in [-0.4, -0.2) is 45.8 Å². The molecule has 2 rings (SSSR count). The number of carbonyl (C=O) groups is 1. The van der Waals surface area contributed by atoms with Crippen LogP contribution >= 0.6 is 0 Å². The van der Waals surface area contributed by atoms with E-state index in [9.17, 15) is 15.0 Å². The van der Waals surface area contributed by atoms with Crippen molar-refractivity contribution in [2.45, 2.75) is 76.9 Å². The van der Waals surface area contributed by atoms with E-state index in [0.29, 0.717) is 19.3 Å². The fourth-order valence-corrected chi connectivity index (χ4v) is 3.82. The van der Waals surface area contributed by atoms with Gasteiger partial charge in [0.15, 0.2) is 0 Å². The molecule has 2 saturated carbocycles. The molecule has 2 fully saturated rings.